The monoisotopic (exact) mass is 346 g/mol. The van der Waals surface area contributed by atoms with Crippen LogP contribution in [0.1, 0.15) is 19.3 Å². The van der Waals surface area contributed by atoms with E-state index in [1.54, 1.807) is 6.07 Å². The van der Waals surface area contributed by atoms with Crippen molar-refractivity contribution in [1.82, 2.24) is 4.90 Å². The van der Waals surface area contributed by atoms with Crippen molar-refractivity contribution in [3.05, 3.63) is 18.2 Å². The minimum atomic E-state index is -4.68. The number of benzene rings is 1. The van der Waals surface area contributed by atoms with Gasteiger partial charge in [-0.25, -0.2) is 4.57 Å². The number of piperidine rings is 1. The van der Waals surface area contributed by atoms with E-state index < -0.39 is 6.36 Å². The smallest absolute Gasteiger partial charge is 0.406 e. The predicted octanol–water partition coefficient (Wildman–Crippen LogP) is 3.16. The Morgan fingerprint density at radius 2 is 1.96 bits per heavy atom. The zero-order valence-electron chi connectivity index (χ0n) is 12.6. The highest BCUT2D eigenvalue weighted by atomic mass is 32.1. The molecule has 0 amide bonds. The summed E-state index contributed by atoms with van der Waals surface area (Å²) in [5.74, 6) is -0.213. The second kappa shape index (κ2) is 6.52. The number of anilines is 1. The first-order chi connectivity index (χ1) is 10.9. The number of rotatable bonds is 4. The number of alkyl halides is 3. The zero-order chi connectivity index (χ0) is 16.4. The van der Waals surface area contributed by atoms with Crippen LogP contribution < -0.4 is 15.0 Å². The highest BCUT2D eigenvalue weighted by Gasteiger charge is 2.31. The average molecular weight is 346 g/mol. The predicted molar refractivity (Wildman–Crippen MR) is 83.4 cm³/mol. The van der Waals surface area contributed by atoms with E-state index in [9.17, 15) is 13.2 Å². The summed E-state index contributed by atoms with van der Waals surface area (Å²) >= 11 is 1.28. The topological polar surface area (TPSA) is 42.4 Å². The third-order valence-electron chi connectivity index (χ3n) is 4.02. The van der Waals surface area contributed by atoms with Crippen LogP contribution in [-0.4, -0.2) is 30.9 Å². The summed E-state index contributed by atoms with van der Waals surface area (Å²) in [4.78, 5) is 2.40. The average Bonchev–Trinajstić information content (AvgIpc) is 2.79. The first-order valence-corrected chi connectivity index (χ1v) is 8.44. The van der Waals surface area contributed by atoms with Crippen LogP contribution in [0, 0.1) is 0 Å². The maximum Gasteiger partial charge on any atom is 0.573 e. The summed E-state index contributed by atoms with van der Waals surface area (Å²) in [6, 6.07) is 4.36. The molecule has 0 bridgehead atoms. The maximum absolute atomic E-state index is 12.3. The van der Waals surface area contributed by atoms with Crippen molar-refractivity contribution in [3.8, 4) is 5.75 Å². The molecule has 0 atom stereocenters. The van der Waals surface area contributed by atoms with Gasteiger partial charge in [0.05, 0.1) is 4.70 Å². The van der Waals surface area contributed by atoms with Crippen molar-refractivity contribution in [1.29, 1.82) is 0 Å². The Bertz CT molecular complexity index is 680. The fraction of sp³-hybridized carbons (Fsp3) is 0.533. The van der Waals surface area contributed by atoms with Gasteiger partial charge in [0.25, 0.3) is 0 Å². The molecule has 1 aromatic heterocycles. The molecule has 1 aliphatic heterocycles. The van der Waals surface area contributed by atoms with Gasteiger partial charge < -0.3 is 4.74 Å². The van der Waals surface area contributed by atoms with Gasteiger partial charge in [-0.15, -0.1) is 13.2 Å². The third kappa shape index (κ3) is 4.06. The largest absolute Gasteiger partial charge is 0.573 e. The lowest BCUT2D eigenvalue weighted by Crippen LogP contribution is -2.43. The lowest BCUT2D eigenvalue weighted by Gasteiger charge is -2.25. The van der Waals surface area contributed by atoms with Gasteiger partial charge in [0.1, 0.15) is 17.8 Å². The molecular formula is C15H19F3N3OS+. The molecule has 1 aromatic carbocycles. The van der Waals surface area contributed by atoms with Crippen molar-refractivity contribution >= 4 is 26.7 Å². The highest BCUT2D eigenvalue weighted by molar-refractivity contribution is 7.21. The van der Waals surface area contributed by atoms with Gasteiger partial charge in [0.2, 0.25) is 0 Å². The van der Waals surface area contributed by atoms with Gasteiger partial charge in [-0.1, -0.05) is 6.42 Å². The lowest BCUT2D eigenvalue weighted by atomic mass is 10.1. The van der Waals surface area contributed by atoms with E-state index >= 15 is 0 Å². The Morgan fingerprint density at radius 3 is 2.65 bits per heavy atom. The SMILES string of the molecule is Nc1sc2cc(OC(F)(F)F)ccc2[n+]1CCN1CCCCC1. The van der Waals surface area contributed by atoms with Crippen LogP contribution in [0.3, 0.4) is 0 Å². The number of fused-ring (bicyclic) bond motifs is 1. The molecule has 0 spiro atoms. The number of halogens is 3. The van der Waals surface area contributed by atoms with Gasteiger partial charge in [0.15, 0.2) is 0 Å². The Morgan fingerprint density at radius 1 is 1.22 bits per heavy atom. The molecule has 0 radical (unpaired) electrons. The van der Waals surface area contributed by atoms with E-state index in [-0.39, 0.29) is 5.75 Å². The molecule has 1 fully saturated rings. The molecule has 126 valence electrons. The number of nitrogen functional groups attached to an aromatic ring is 1. The van der Waals surface area contributed by atoms with Crippen LogP contribution in [0.4, 0.5) is 18.3 Å². The van der Waals surface area contributed by atoms with Crippen LogP contribution in [-0.2, 0) is 6.54 Å². The van der Waals surface area contributed by atoms with Crippen molar-refractivity contribution in [2.45, 2.75) is 32.2 Å². The van der Waals surface area contributed by atoms with Gasteiger partial charge in [0, 0.05) is 12.6 Å². The van der Waals surface area contributed by atoms with E-state index in [1.165, 1.54) is 42.7 Å². The standard InChI is InChI=1S/C15H18F3N3OS/c16-15(17,18)22-11-4-5-12-13(10-11)23-14(19)21(12)9-8-20-6-2-1-3-7-20/h4-5,10,19H,1-3,6-9H2/p+1. The zero-order valence-corrected chi connectivity index (χ0v) is 13.4. The summed E-state index contributed by atoms with van der Waals surface area (Å²) < 4.78 is 43.5. The Kier molecular flexibility index (Phi) is 4.63. The second-order valence-electron chi connectivity index (χ2n) is 5.67. The van der Waals surface area contributed by atoms with Gasteiger partial charge in [-0.05, 0) is 49.4 Å². The van der Waals surface area contributed by atoms with Gasteiger partial charge >= 0.3 is 11.5 Å². The molecule has 0 unspecified atom stereocenters. The number of hydrogen-bond acceptors (Lipinski definition) is 4. The summed E-state index contributed by atoms with van der Waals surface area (Å²) in [5, 5.41) is 0.598. The highest BCUT2D eigenvalue weighted by Crippen LogP contribution is 2.29. The third-order valence-corrected chi connectivity index (χ3v) is 5.00. The fourth-order valence-electron chi connectivity index (χ4n) is 2.94. The maximum atomic E-state index is 12.3. The fourth-order valence-corrected chi connectivity index (χ4v) is 3.92. The number of hydrogen-bond donors (Lipinski definition) is 1. The first-order valence-electron chi connectivity index (χ1n) is 7.62. The minimum absolute atomic E-state index is 0.213. The van der Waals surface area contributed by atoms with E-state index in [4.69, 9.17) is 5.73 Å². The molecule has 3 rings (SSSR count). The Hall–Kier alpha value is -1.54. The summed E-state index contributed by atoms with van der Waals surface area (Å²) in [5.41, 5.74) is 6.89. The van der Waals surface area contributed by atoms with Crippen LogP contribution >= 0.6 is 11.3 Å². The molecular weight excluding hydrogens is 327 g/mol. The molecule has 8 heteroatoms. The molecule has 2 N–H and O–H groups in total. The van der Waals surface area contributed by atoms with Crippen molar-refractivity contribution in [3.63, 3.8) is 0 Å². The number of likely N-dealkylation sites (tertiary alicyclic amines) is 1. The number of nitrogens with zero attached hydrogens (tertiary/aromatic N) is 2. The number of aromatic nitrogens is 1. The molecule has 2 aromatic rings. The molecule has 2 heterocycles. The van der Waals surface area contributed by atoms with Crippen LogP contribution in [0.25, 0.3) is 10.2 Å². The van der Waals surface area contributed by atoms with Crippen molar-refractivity contribution in [2.75, 3.05) is 25.4 Å². The molecule has 0 saturated carbocycles. The number of thiazole rings is 1. The summed E-state index contributed by atoms with van der Waals surface area (Å²) in [7, 11) is 0. The number of ether oxygens (including phenoxy) is 1. The molecule has 1 aliphatic rings. The van der Waals surface area contributed by atoms with Crippen molar-refractivity contribution < 1.29 is 22.5 Å². The van der Waals surface area contributed by atoms with E-state index in [2.05, 4.69) is 9.64 Å². The molecule has 23 heavy (non-hydrogen) atoms. The van der Waals surface area contributed by atoms with E-state index in [1.807, 2.05) is 4.57 Å². The quantitative estimate of drug-likeness (QED) is 0.865. The summed E-state index contributed by atoms with van der Waals surface area (Å²) in [6.07, 6.45) is -0.943. The van der Waals surface area contributed by atoms with E-state index in [0.29, 0.717) is 9.83 Å². The molecule has 0 aliphatic carbocycles. The van der Waals surface area contributed by atoms with Gasteiger partial charge in [-0.3, -0.25) is 10.6 Å². The lowest BCUT2D eigenvalue weighted by molar-refractivity contribution is -0.653. The first kappa shape index (κ1) is 16.3. The normalized spacial score (nSPS) is 16.8. The van der Waals surface area contributed by atoms with Crippen LogP contribution in [0.15, 0.2) is 18.2 Å². The Labute approximate surface area is 136 Å². The minimum Gasteiger partial charge on any atom is -0.406 e. The summed E-state index contributed by atoms with van der Waals surface area (Å²) in [6.45, 7) is 3.85. The Balaban J connectivity index is 1.76. The van der Waals surface area contributed by atoms with Crippen LogP contribution in [0.2, 0.25) is 0 Å². The second-order valence-corrected chi connectivity index (χ2v) is 6.73. The van der Waals surface area contributed by atoms with E-state index in [0.717, 1.165) is 31.7 Å². The van der Waals surface area contributed by atoms with Crippen LogP contribution in [0.5, 0.6) is 5.75 Å². The van der Waals surface area contributed by atoms with Gasteiger partial charge in [-0.2, -0.15) is 0 Å². The van der Waals surface area contributed by atoms with Crippen molar-refractivity contribution in [2.24, 2.45) is 0 Å². The molecule has 4 nitrogen and oxygen atoms in total. The number of nitrogens with two attached hydrogens (primary N) is 1. The molecule has 1 saturated heterocycles.